The lowest BCUT2D eigenvalue weighted by Gasteiger charge is -2.26. The van der Waals surface area contributed by atoms with E-state index in [4.69, 9.17) is 9.47 Å². The minimum Gasteiger partial charge on any atom is -0.493 e. The molecule has 4 N–H and O–H groups in total. The number of amides is 4. The SMILES string of the molecule is CC(C)C1NC(=O)CC[C@@H](C(=O)NCc2cccc(CN3CCOCC3)c2)NC(=O)c2ccccc2OCCCNC1=O. The van der Waals surface area contributed by atoms with E-state index >= 15 is 0 Å². The molecule has 0 radical (unpaired) electrons. The number of rotatable bonds is 6. The largest absolute Gasteiger partial charge is 0.493 e. The topological polar surface area (TPSA) is 138 Å². The average Bonchev–Trinajstić information content (AvgIpc) is 3.00. The molecule has 2 heterocycles. The molecule has 0 bridgehead atoms. The molecule has 11 nitrogen and oxygen atoms in total. The number of ether oxygens (including phenoxy) is 2. The van der Waals surface area contributed by atoms with Gasteiger partial charge in [0, 0.05) is 39.1 Å². The Morgan fingerprint density at radius 1 is 1.00 bits per heavy atom. The van der Waals surface area contributed by atoms with E-state index < -0.39 is 23.9 Å². The van der Waals surface area contributed by atoms with E-state index in [1.165, 1.54) is 0 Å². The molecule has 1 fully saturated rings. The van der Waals surface area contributed by atoms with Crippen LogP contribution in [0.5, 0.6) is 5.75 Å². The van der Waals surface area contributed by atoms with Crippen LogP contribution in [-0.2, 0) is 32.2 Å². The van der Waals surface area contributed by atoms with E-state index in [0.29, 0.717) is 18.7 Å². The predicted molar refractivity (Wildman–Crippen MR) is 161 cm³/mol. The van der Waals surface area contributed by atoms with Gasteiger partial charge in [0.25, 0.3) is 5.91 Å². The molecule has 2 aromatic rings. The molecule has 0 saturated carbocycles. The number of benzene rings is 2. The van der Waals surface area contributed by atoms with Gasteiger partial charge in [-0.2, -0.15) is 0 Å². The highest BCUT2D eigenvalue weighted by Crippen LogP contribution is 2.19. The Morgan fingerprint density at radius 3 is 2.56 bits per heavy atom. The van der Waals surface area contributed by atoms with Crippen LogP contribution in [-0.4, -0.2) is 80.1 Å². The second-order valence-corrected chi connectivity index (χ2v) is 11.3. The van der Waals surface area contributed by atoms with Crippen molar-refractivity contribution in [1.29, 1.82) is 0 Å². The zero-order chi connectivity index (χ0) is 30.6. The molecule has 2 atom stereocenters. The van der Waals surface area contributed by atoms with E-state index in [9.17, 15) is 19.2 Å². The monoisotopic (exact) mass is 593 g/mol. The number of nitrogens with zero attached hydrogens (tertiary/aromatic N) is 1. The summed E-state index contributed by atoms with van der Waals surface area (Å²) in [6.07, 6.45) is 0.511. The zero-order valence-corrected chi connectivity index (χ0v) is 25.0. The molecule has 2 aromatic carbocycles. The number of nitrogens with one attached hydrogen (secondary N) is 4. The van der Waals surface area contributed by atoms with Crippen molar-refractivity contribution in [3.63, 3.8) is 0 Å². The maximum Gasteiger partial charge on any atom is 0.255 e. The predicted octanol–water partition coefficient (Wildman–Crippen LogP) is 1.75. The van der Waals surface area contributed by atoms with Gasteiger partial charge in [-0.15, -0.1) is 0 Å². The summed E-state index contributed by atoms with van der Waals surface area (Å²) in [5, 5.41) is 11.4. The quantitative estimate of drug-likeness (QED) is 0.401. The summed E-state index contributed by atoms with van der Waals surface area (Å²) in [5.41, 5.74) is 2.36. The van der Waals surface area contributed by atoms with E-state index in [2.05, 4.69) is 38.3 Å². The number of carbonyl (C=O) groups excluding carboxylic acids is 4. The van der Waals surface area contributed by atoms with Gasteiger partial charge in [-0.05, 0) is 42.0 Å². The lowest BCUT2D eigenvalue weighted by atomic mass is 10.0. The van der Waals surface area contributed by atoms with E-state index in [-0.39, 0.29) is 49.3 Å². The first-order chi connectivity index (χ1) is 20.8. The molecule has 2 aliphatic rings. The Labute approximate surface area is 253 Å². The lowest BCUT2D eigenvalue weighted by molar-refractivity contribution is -0.130. The highest BCUT2D eigenvalue weighted by atomic mass is 16.5. The molecule has 0 aliphatic carbocycles. The Balaban J connectivity index is 1.47. The number of morpholine rings is 1. The van der Waals surface area contributed by atoms with E-state index in [0.717, 1.165) is 44.0 Å². The van der Waals surface area contributed by atoms with E-state index in [1.54, 1.807) is 24.3 Å². The minimum absolute atomic E-state index is 0.0515. The first kappa shape index (κ1) is 32.0. The second-order valence-electron chi connectivity index (χ2n) is 11.3. The number of hydrogen-bond donors (Lipinski definition) is 4. The maximum absolute atomic E-state index is 13.4. The summed E-state index contributed by atoms with van der Waals surface area (Å²) < 4.78 is 11.3. The molecular weight excluding hydrogens is 550 g/mol. The molecule has 2 aliphatic heterocycles. The molecule has 1 unspecified atom stereocenters. The molecule has 11 heteroatoms. The van der Waals surface area contributed by atoms with Crippen molar-refractivity contribution < 1.29 is 28.7 Å². The van der Waals surface area contributed by atoms with Gasteiger partial charge in [0.05, 0.1) is 25.4 Å². The summed E-state index contributed by atoms with van der Waals surface area (Å²) in [7, 11) is 0. The van der Waals surface area contributed by atoms with Crippen molar-refractivity contribution in [2.24, 2.45) is 5.92 Å². The minimum atomic E-state index is -0.984. The number of hydrogen-bond acceptors (Lipinski definition) is 7. The Hall–Kier alpha value is -3.96. The Kier molecular flexibility index (Phi) is 11.9. The summed E-state index contributed by atoms with van der Waals surface area (Å²) in [5.74, 6) is -1.26. The van der Waals surface area contributed by atoms with Gasteiger partial charge < -0.3 is 30.7 Å². The van der Waals surface area contributed by atoms with Crippen molar-refractivity contribution in [3.05, 3.63) is 65.2 Å². The van der Waals surface area contributed by atoms with Crippen LogP contribution in [0.15, 0.2) is 48.5 Å². The second kappa shape index (κ2) is 16.0. The average molecular weight is 594 g/mol. The van der Waals surface area contributed by atoms with Crippen LogP contribution in [0.25, 0.3) is 0 Å². The normalized spacial score (nSPS) is 21.1. The first-order valence-electron chi connectivity index (χ1n) is 15.1. The van der Waals surface area contributed by atoms with Crippen LogP contribution < -0.4 is 26.0 Å². The van der Waals surface area contributed by atoms with Gasteiger partial charge >= 0.3 is 0 Å². The third-order valence-corrected chi connectivity index (χ3v) is 7.53. The molecule has 4 amide bonds. The number of carbonyl (C=O) groups is 4. The van der Waals surface area contributed by atoms with Gasteiger partial charge in [0.15, 0.2) is 0 Å². The third kappa shape index (κ3) is 9.79. The Morgan fingerprint density at radius 2 is 1.77 bits per heavy atom. The summed E-state index contributed by atoms with van der Waals surface area (Å²) in [4.78, 5) is 54.8. The Bertz CT molecular complexity index is 1260. The van der Waals surface area contributed by atoms with Crippen molar-refractivity contribution in [1.82, 2.24) is 26.2 Å². The van der Waals surface area contributed by atoms with Crippen molar-refractivity contribution in [3.8, 4) is 5.75 Å². The molecule has 0 spiro atoms. The van der Waals surface area contributed by atoms with Gasteiger partial charge in [0.2, 0.25) is 17.7 Å². The van der Waals surface area contributed by atoms with Crippen molar-refractivity contribution in [2.75, 3.05) is 39.5 Å². The number of fused-ring (bicyclic) bond motifs is 1. The van der Waals surface area contributed by atoms with Gasteiger partial charge in [-0.1, -0.05) is 50.2 Å². The zero-order valence-electron chi connectivity index (χ0n) is 25.0. The third-order valence-electron chi connectivity index (χ3n) is 7.53. The maximum atomic E-state index is 13.4. The highest BCUT2D eigenvalue weighted by Gasteiger charge is 2.27. The molecule has 232 valence electrons. The molecule has 0 aromatic heterocycles. The van der Waals surface area contributed by atoms with E-state index in [1.807, 2.05) is 26.0 Å². The first-order valence-corrected chi connectivity index (χ1v) is 15.1. The fourth-order valence-electron chi connectivity index (χ4n) is 5.08. The molecule has 43 heavy (non-hydrogen) atoms. The van der Waals surface area contributed by atoms with Crippen LogP contribution in [0.4, 0.5) is 0 Å². The van der Waals surface area contributed by atoms with Crippen molar-refractivity contribution in [2.45, 2.75) is 58.3 Å². The fraction of sp³-hybridized carbons (Fsp3) is 0.500. The van der Waals surface area contributed by atoms with Crippen molar-refractivity contribution >= 4 is 23.6 Å². The molecule has 1 saturated heterocycles. The molecule has 4 rings (SSSR count). The summed E-state index contributed by atoms with van der Waals surface area (Å²) >= 11 is 0. The van der Waals surface area contributed by atoms with Crippen LogP contribution in [0.2, 0.25) is 0 Å². The van der Waals surface area contributed by atoms with Crippen LogP contribution in [0, 0.1) is 5.92 Å². The van der Waals surface area contributed by atoms with Crippen LogP contribution in [0.1, 0.15) is 54.6 Å². The molecular formula is C32H43N5O6. The summed E-state index contributed by atoms with van der Waals surface area (Å²) in [6.45, 7) is 8.64. The lowest BCUT2D eigenvalue weighted by Crippen LogP contribution is -2.51. The van der Waals surface area contributed by atoms with Gasteiger partial charge in [-0.25, -0.2) is 0 Å². The number of para-hydroxylation sites is 1. The van der Waals surface area contributed by atoms with Gasteiger partial charge in [0.1, 0.15) is 17.8 Å². The van der Waals surface area contributed by atoms with Crippen LogP contribution >= 0.6 is 0 Å². The fourth-order valence-corrected chi connectivity index (χ4v) is 5.08. The highest BCUT2D eigenvalue weighted by molar-refractivity contribution is 5.99. The van der Waals surface area contributed by atoms with Gasteiger partial charge in [-0.3, -0.25) is 24.1 Å². The summed E-state index contributed by atoms with van der Waals surface area (Å²) in [6, 6.07) is 13.1. The van der Waals surface area contributed by atoms with Crippen LogP contribution in [0.3, 0.4) is 0 Å². The standard InChI is InChI=1S/C32H43N5O6/c1-22(2)29-32(41)33-13-6-16-43-27-10-4-3-9-25(27)30(39)35-26(11-12-28(38)36-29)31(40)34-20-23-7-5-8-24(19-23)21-37-14-17-42-18-15-37/h3-5,7-10,19,22,26,29H,6,11-18,20-21H2,1-2H3,(H,33,41)(H,34,40)(H,35,39)(H,36,38)/t26-,29?/m0/s1. The smallest absolute Gasteiger partial charge is 0.255 e.